The van der Waals surface area contributed by atoms with E-state index in [1.165, 1.54) is 0 Å². The molecule has 2 rings (SSSR count). The van der Waals surface area contributed by atoms with Gasteiger partial charge in [-0.1, -0.05) is 6.08 Å². The summed E-state index contributed by atoms with van der Waals surface area (Å²) in [4.78, 5) is 12.3. The van der Waals surface area contributed by atoms with Crippen LogP contribution in [0, 0.1) is 5.92 Å². The first kappa shape index (κ1) is 16.7. The third-order valence-electron chi connectivity index (χ3n) is 3.61. The fraction of sp³-hybridized carbons (Fsp3) is 0.571. The van der Waals surface area contributed by atoms with Gasteiger partial charge in [0.15, 0.2) is 0 Å². The Morgan fingerprint density at radius 3 is 3.05 bits per heavy atom. The van der Waals surface area contributed by atoms with Gasteiger partial charge in [0.1, 0.15) is 0 Å². The molecule has 112 valence electrons. The normalized spacial score (nSPS) is 22.9. The molecule has 0 bridgehead atoms. The Balaban J connectivity index is 0.00000200. The van der Waals surface area contributed by atoms with E-state index in [0.717, 1.165) is 25.1 Å². The molecule has 2 heterocycles. The van der Waals surface area contributed by atoms with Gasteiger partial charge in [-0.2, -0.15) is 5.10 Å². The highest BCUT2D eigenvalue weighted by Gasteiger charge is 2.34. The SMILES string of the molecule is C=CCC(C)NC(=O)[C@H]1CNC[C@@H]1c1cnn(C)c1.Cl. The van der Waals surface area contributed by atoms with Crippen molar-refractivity contribution in [1.29, 1.82) is 0 Å². The molecule has 1 fully saturated rings. The number of aryl methyl sites for hydroxylation is 1. The van der Waals surface area contributed by atoms with E-state index in [4.69, 9.17) is 0 Å². The highest BCUT2D eigenvalue weighted by atomic mass is 35.5. The number of hydrogen-bond acceptors (Lipinski definition) is 3. The van der Waals surface area contributed by atoms with Gasteiger partial charge in [0, 0.05) is 38.3 Å². The molecular weight excluding hydrogens is 276 g/mol. The van der Waals surface area contributed by atoms with Crippen LogP contribution in [0.3, 0.4) is 0 Å². The molecule has 3 atom stereocenters. The van der Waals surface area contributed by atoms with Crippen molar-refractivity contribution in [2.24, 2.45) is 13.0 Å². The number of nitrogens with zero attached hydrogens (tertiary/aromatic N) is 2. The number of aromatic nitrogens is 2. The molecule has 0 aromatic carbocycles. The highest BCUT2D eigenvalue weighted by Crippen LogP contribution is 2.27. The Hall–Kier alpha value is -1.33. The van der Waals surface area contributed by atoms with Gasteiger partial charge in [0.2, 0.25) is 5.91 Å². The summed E-state index contributed by atoms with van der Waals surface area (Å²) in [6.45, 7) is 7.26. The molecule has 5 nitrogen and oxygen atoms in total. The quantitative estimate of drug-likeness (QED) is 0.804. The van der Waals surface area contributed by atoms with E-state index in [2.05, 4.69) is 22.3 Å². The summed E-state index contributed by atoms with van der Waals surface area (Å²) in [5.41, 5.74) is 1.13. The molecule has 1 amide bonds. The van der Waals surface area contributed by atoms with Crippen molar-refractivity contribution in [3.8, 4) is 0 Å². The molecule has 0 spiro atoms. The molecule has 0 radical (unpaired) electrons. The highest BCUT2D eigenvalue weighted by molar-refractivity contribution is 5.85. The van der Waals surface area contributed by atoms with Crippen LogP contribution in [0.15, 0.2) is 25.0 Å². The number of hydrogen-bond donors (Lipinski definition) is 2. The second-order valence-corrected chi connectivity index (χ2v) is 5.25. The fourth-order valence-electron chi connectivity index (χ4n) is 2.59. The summed E-state index contributed by atoms with van der Waals surface area (Å²) < 4.78 is 1.78. The number of amides is 1. The van der Waals surface area contributed by atoms with Crippen molar-refractivity contribution in [3.63, 3.8) is 0 Å². The molecule has 6 heteroatoms. The second-order valence-electron chi connectivity index (χ2n) is 5.25. The number of halogens is 1. The number of rotatable bonds is 5. The minimum Gasteiger partial charge on any atom is -0.353 e. The monoisotopic (exact) mass is 298 g/mol. The third kappa shape index (κ3) is 3.84. The topological polar surface area (TPSA) is 59.0 Å². The zero-order chi connectivity index (χ0) is 13.8. The van der Waals surface area contributed by atoms with Crippen LogP contribution >= 0.6 is 12.4 Å². The standard InChI is InChI=1S/C14H22N4O.ClH/c1-4-5-10(2)17-14(19)13-8-15-7-12(13)11-6-16-18(3)9-11;/h4,6,9-10,12-13,15H,1,5,7-8H2,2-3H3,(H,17,19);1H/t10?,12-,13+;/m1./s1. The lowest BCUT2D eigenvalue weighted by atomic mass is 9.90. The number of carbonyl (C=O) groups is 1. The van der Waals surface area contributed by atoms with Crippen molar-refractivity contribution in [2.45, 2.75) is 25.3 Å². The molecule has 2 N–H and O–H groups in total. The summed E-state index contributed by atoms with van der Waals surface area (Å²) in [7, 11) is 1.90. The van der Waals surface area contributed by atoms with Crippen LogP contribution in [0.5, 0.6) is 0 Å². The molecule has 0 saturated carbocycles. The minimum atomic E-state index is -0.0172. The van der Waals surface area contributed by atoms with Gasteiger partial charge < -0.3 is 10.6 Å². The Morgan fingerprint density at radius 2 is 2.45 bits per heavy atom. The number of nitrogens with one attached hydrogen (secondary N) is 2. The van der Waals surface area contributed by atoms with E-state index >= 15 is 0 Å². The number of carbonyl (C=O) groups excluding carboxylic acids is 1. The molecule has 1 aliphatic heterocycles. The Kier molecular flexibility index (Phi) is 6.23. The fourth-order valence-corrected chi connectivity index (χ4v) is 2.59. The Bertz CT molecular complexity index is 460. The maximum Gasteiger partial charge on any atom is 0.225 e. The zero-order valence-electron chi connectivity index (χ0n) is 12.0. The summed E-state index contributed by atoms with van der Waals surface area (Å²) in [6, 6.07) is 0.139. The van der Waals surface area contributed by atoms with Crippen LogP contribution < -0.4 is 10.6 Å². The maximum atomic E-state index is 12.3. The summed E-state index contributed by atoms with van der Waals surface area (Å²) in [5, 5.41) is 10.5. The molecule has 0 aliphatic carbocycles. The first-order valence-corrected chi connectivity index (χ1v) is 6.72. The first-order valence-electron chi connectivity index (χ1n) is 6.72. The van der Waals surface area contributed by atoms with Crippen molar-refractivity contribution in [2.75, 3.05) is 13.1 Å². The van der Waals surface area contributed by atoms with Gasteiger partial charge >= 0.3 is 0 Å². The lowest BCUT2D eigenvalue weighted by molar-refractivity contribution is -0.125. The van der Waals surface area contributed by atoms with Gasteiger partial charge in [-0.3, -0.25) is 9.48 Å². The lowest BCUT2D eigenvalue weighted by Crippen LogP contribution is -2.39. The van der Waals surface area contributed by atoms with Gasteiger partial charge in [0.05, 0.1) is 12.1 Å². The minimum absolute atomic E-state index is 0. The van der Waals surface area contributed by atoms with Crippen LogP contribution in [0.2, 0.25) is 0 Å². The molecule has 1 aromatic rings. The largest absolute Gasteiger partial charge is 0.353 e. The predicted octanol–water partition coefficient (Wildman–Crippen LogP) is 1.23. The molecule has 1 unspecified atom stereocenters. The van der Waals surface area contributed by atoms with Gasteiger partial charge in [0.25, 0.3) is 0 Å². The van der Waals surface area contributed by atoms with E-state index in [9.17, 15) is 4.79 Å². The Morgan fingerprint density at radius 1 is 1.70 bits per heavy atom. The van der Waals surface area contributed by atoms with Crippen LogP contribution in [0.4, 0.5) is 0 Å². The average molecular weight is 299 g/mol. The van der Waals surface area contributed by atoms with Crippen molar-refractivity contribution in [1.82, 2.24) is 20.4 Å². The van der Waals surface area contributed by atoms with E-state index in [-0.39, 0.29) is 36.2 Å². The van der Waals surface area contributed by atoms with Crippen LogP contribution in [-0.4, -0.2) is 34.8 Å². The molecule has 1 aromatic heterocycles. The van der Waals surface area contributed by atoms with E-state index in [1.807, 2.05) is 32.4 Å². The van der Waals surface area contributed by atoms with Crippen molar-refractivity contribution >= 4 is 18.3 Å². The zero-order valence-corrected chi connectivity index (χ0v) is 12.8. The summed E-state index contributed by atoms with van der Waals surface area (Å²) in [5.74, 6) is 0.314. The van der Waals surface area contributed by atoms with E-state index in [1.54, 1.807) is 4.68 Å². The van der Waals surface area contributed by atoms with Crippen molar-refractivity contribution in [3.05, 3.63) is 30.6 Å². The second kappa shape index (κ2) is 7.45. The maximum absolute atomic E-state index is 12.3. The average Bonchev–Trinajstić information content (AvgIpc) is 2.96. The molecular formula is C14H23ClN4O. The summed E-state index contributed by atoms with van der Waals surface area (Å²) in [6.07, 6.45) is 6.47. The van der Waals surface area contributed by atoms with E-state index < -0.39 is 0 Å². The van der Waals surface area contributed by atoms with Crippen molar-refractivity contribution < 1.29 is 4.79 Å². The summed E-state index contributed by atoms with van der Waals surface area (Å²) >= 11 is 0. The first-order chi connectivity index (χ1) is 9.11. The van der Waals surface area contributed by atoms with Gasteiger partial charge in [-0.05, 0) is 18.9 Å². The van der Waals surface area contributed by atoms with Gasteiger partial charge in [-0.25, -0.2) is 0 Å². The molecule has 1 saturated heterocycles. The predicted molar refractivity (Wildman–Crippen MR) is 82.0 cm³/mol. The van der Waals surface area contributed by atoms with E-state index in [0.29, 0.717) is 0 Å². The molecule has 20 heavy (non-hydrogen) atoms. The molecule has 1 aliphatic rings. The Labute approximate surface area is 126 Å². The van der Waals surface area contributed by atoms with Crippen LogP contribution in [0.25, 0.3) is 0 Å². The third-order valence-corrected chi connectivity index (χ3v) is 3.61. The van der Waals surface area contributed by atoms with Gasteiger partial charge in [-0.15, -0.1) is 19.0 Å². The lowest BCUT2D eigenvalue weighted by Gasteiger charge is -2.19. The van der Waals surface area contributed by atoms with Crippen LogP contribution in [-0.2, 0) is 11.8 Å². The smallest absolute Gasteiger partial charge is 0.225 e. The van der Waals surface area contributed by atoms with Crippen LogP contribution in [0.1, 0.15) is 24.8 Å².